The predicted octanol–water partition coefficient (Wildman–Crippen LogP) is 3.46. The molecule has 0 amide bonds. The fourth-order valence-electron chi connectivity index (χ4n) is 3.05. The first-order valence-electron chi connectivity index (χ1n) is 8.06. The van der Waals surface area contributed by atoms with Crippen LogP contribution in [0, 0.1) is 5.92 Å². The molecule has 1 unspecified atom stereocenters. The van der Waals surface area contributed by atoms with Gasteiger partial charge >= 0.3 is 0 Å². The maximum atomic E-state index is 6.16. The molecular formula is C18H30N2. The van der Waals surface area contributed by atoms with Crippen molar-refractivity contribution in [2.24, 2.45) is 11.7 Å². The minimum Gasteiger partial charge on any atom is -0.329 e. The first kappa shape index (κ1) is 15.5. The molecular weight excluding hydrogens is 244 g/mol. The number of hydrogen-bond acceptors (Lipinski definition) is 2. The largest absolute Gasteiger partial charge is 0.329 e. The molecule has 2 heteroatoms. The second kappa shape index (κ2) is 6.73. The molecule has 1 saturated carbocycles. The van der Waals surface area contributed by atoms with Gasteiger partial charge in [-0.25, -0.2) is 0 Å². The van der Waals surface area contributed by atoms with Crippen LogP contribution in [0.2, 0.25) is 0 Å². The lowest BCUT2D eigenvalue weighted by Gasteiger charge is -2.44. The van der Waals surface area contributed by atoms with E-state index in [0.29, 0.717) is 6.04 Å². The second-order valence-corrected chi connectivity index (χ2v) is 6.88. The molecule has 0 heterocycles. The minimum atomic E-state index is 0.118. The number of nitrogens with zero attached hydrogens (tertiary/aromatic N) is 1. The highest BCUT2D eigenvalue weighted by molar-refractivity contribution is 5.15. The Balaban J connectivity index is 2.01. The Morgan fingerprint density at radius 1 is 1.25 bits per heavy atom. The van der Waals surface area contributed by atoms with E-state index in [1.165, 1.54) is 24.9 Å². The third kappa shape index (κ3) is 4.07. The number of hydrogen-bond donors (Lipinski definition) is 1. The molecule has 2 nitrogen and oxygen atoms in total. The minimum absolute atomic E-state index is 0.118. The lowest BCUT2D eigenvalue weighted by Crippen LogP contribution is -2.55. The number of aryl methyl sites for hydroxylation is 1. The van der Waals surface area contributed by atoms with Gasteiger partial charge in [-0.05, 0) is 57.9 Å². The summed E-state index contributed by atoms with van der Waals surface area (Å²) >= 11 is 0. The molecule has 1 aromatic carbocycles. The number of rotatable bonds is 8. The van der Waals surface area contributed by atoms with Crippen molar-refractivity contribution in [1.82, 2.24) is 4.90 Å². The van der Waals surface area contributed by atoms with Crippen molar-refractivity contribution in [2.45, 2.75) is 58.0 Å². The first-order valence-corrected chi connectivity index (χ1v) is 8.06. The fraction of sp³-hybridized carbons (Fsp3) is 0.667. The third-order valence-corrected chi connectivity index (χ3v) is 4.70. The van der Waals surface area contributed by atoms with Gasteiger partial charge in [0.2, 0.25) is 0 Å². The molecule has 1 aromatic rings. The molecule has 0 spiro atoms. The fourth-order valence-corrected chi connectivity index (χ4v) is 3.05. The summed E-state index contributed by atoms with van der Waals surface area (Å²) in [6.45, 7) is 8.92. The van der Waals surface area contributed by atoms with Crippen LogP contribution in [0.25, 0.3) is 0 Å². The Hall–Kier alpha value is -0.860. The van der Waals surface area contributed by atoms with E-state index < -0.39 is 0 Å². The van der Waals surface area contributed by atoms with E-state index >= 15 is 0 Å². The van der Waals surface area contributed by atoms with E-state index in [0.717, 1.165) is 25.3 Å². The molecule has 0 bridgehead atoms. The Labute approximate surface area is 124 Å². The molecule has 1 atom stereocenters. The van der Waals surface area contributed by atoms with Gasteiger partial charge in [-0.15, -0.1) is 0 Å². The summed E-state index contributed by atoms with van der Waals surface area (Å²) < 4.78 is 0. The van der Waals surface area contributed by atoms with Gasteiger partial charge in [0.15, 0.2) is 0 Å². The van der Waals surface area contributed by atoms with Crippen LogP contribution >= 0.6 is 0 Å². The highest BCUT2D eigenvalue weighted by Gasteiger charge is 2.36. The molecule has 0 aromatic heterocycles. The molecule has 2 rings (SSSR count). The van der Waals surface area contributed by atoms with Gasteiger partial charge in [-0.2, -0.15) is 0 Å². The lowest BCUT2D eigenvalue weighted by molar-refractivity contribution is 0.0633. The molecule has 0 aliphatic heterocycles. The summed E-state index contributed by atoms with van der Waals surface area (Å²) in [5, 5.41) is 0. The zero-order valence-electron chi connectivity index (χ0n) is 13.3. The topological polar surface area (TPSA) is 29.3 Å². The van der Waals surface area contributed by atoms with Crippen molar-refractivity contribution in [3.05, 3.63) is 35.9 Å². The highest BCUT2D eigenvalue weighted by atomic mass is 15.2. The average Bonchev–Trinajstić information content (AvgIpc) is 3.27. The van der Waals surface area contributed by atoms with E-state index in [-0.39, 0.29) is 5.54 Å². The zero-order chi connectivity index (χ0) is 14.6. The maximum Gasteiger partial charge on any atom is 0.0309 e. The van der Waals surface area contributed by atoms with Gasteiger partial charge in [0.1, 0.15) is 0 Å². The predicted molar refractivity (Wildman–Crippen MR) is 86.8 cm³/mol. The zero-order valence-corrected chi connectivity index (χ0v) is 13.3. The van der Waals surface area contributed by atoms with Gasteiger partial charge in [-0.1, -0.05) is 30.3 Å². The van der Waals surface area contributed by atoms with Crippen LogP contribution in [0.3, 0.4) is 0 Å². The van der Waals surface area contributed by atoms with Crippen LogP contribution in [0.5, 0.6) is 0 Å². The molecule has 2 N–H and O–H groups in total. The van der Waals surface area contributed by atoms with Crippen LogP contribution in [0.1, 0.15) is 45.6 Å². The quantitative estimate of drug-likeness (QED) is 0.786. The normalized spacial score (nSPS) is 18.5. The van der Waals surface area contributed by atoms with Crippen molar-refractivity contribution in [2.75, 3.05) is 13.1 Å². The van der Waals surface area contributed by atoms with Crippen molar-refractivity contribution in [1.29, 1.82) is 0 Å². The average molecular weight is 274 g/mol. The highest BCUT2D eigenvalue weighted by Crippen LogP contribution is 2.34. The van der Waals surface area contributed by atoms with Crippen LogP contribution in [0.4, 0.5) is 0 Å². The smallest absolute Gasteiger partial charge is 0.0309 e. The van der Waals surface area contributed by atoms with Crippen molar-refractivity contribution in [3.63, 3.8) is 0 Å². The SMILES string of the molecule is CC(C)N(CC1CC1)C(C)(CN)CCc1ccccc1. The van der Waals surface area contributed by atoms with Gasteiger partial charge in [0.05, 0.1) is 0 Å². The Kier molecular flexibility index (Phi) is 5.22. The van der Waals surface area contributed by atoms with Crippen LogP contribution in [-0.2, 0) is 6.42 Å². The summed E-state index contributed by atoms with van der Waals surface area (Å²) in [4.78, 5) is 2.65. The molecule has 1 fully saturated rings. The standard InChI is InChI=1S/C18H30N2/c1-15(2)20(13-17-9-10-17)18(3,14-19)12-11-16-7-5-4-6-8-16/h4-8,15,17H,9-14,19H2,1-3H3. The molecule has 0 radical (unpaired) electrons. The Bertz CT molecular complexity index is 397. The summed E-state index contributed by atoms with van der Waals surface area (Å²) in [6.07, 6.45) is 5.06. The second-order valence-electron chi connectivity index (χ2n) is 6.88. The summed E-state index contributed by atoms with van der Waals surface area (Å²) in [5.41, 5.74) is 7.70. The van der Waals surface area contributed by atoms with E-state index in [9.17, 15) is 0 Å². The van der Waals surface area contributed by atoms with Gasteiger partial charge in [0.25, 0.3) is 0 Å². The van der Waals surface area contributed by atoms with Crippen LogP contribution in [-0.4, -0.2) is 29.6 Å². The van der Waals surface area contributed by atoms with Crippen molar-refractivity contribution < 1.29 is 0 Å². The molecule has 1 aliphatic rings. The van der Waals surface area contributed by atoms with E-state index in [4.69, 9.17) is 5.73 Å². The van der Waals surface area contributed by atoms with Crippen LogP contribution < -0.4 is 5.73 Å². The van der Waals surface area contributed by atoms with Crippen molar-refractivity contribution in [3.8, 4) is 0 Å². The summed E-state index contributed by atoms with van der Waals surface area (Å²) in [6, 6.07) is 11.3. The van der Waals surface area contributed by atoms with Crippen LogP contribution in [0.15, 0.2) is 30.3 Å². The van der Waals surface area contributed by atoms with Crippen molar-refractivity contribution >= 4 is 0 Å². The van der Waals surface area contributed by atoms with E-state index in [1.807, 2.05) is 0 Å². The number of nitrogens with two attached hydrogens (primary N) is 1. The monoisotopic (exact) mass is 274 g/mol. The van der Waals surface area contributed by atoms with E-state index in [1.54, 1.807) is 0 Å². The molecule has 20 heavy (non-hydrogen) atoms. The Morgan fingerprint density at radius 3 is 2.40 bits per heavy atom. The molecule has 1 aliphatic carbocycles. The Morgan fingerprint density at radius 2 is 1.90 bits per heavy atom. The third-order valence-electron chi connectivity index (χ3n) is 4.70. The van der Waals surface area contributed by atoms with Gasteiger partial charge in [0, 0.05) is 24.7 Å². The van der Waals surface area contributed by atoms with E-state index in [2.05, 4.69) is 56.0 Å². The lowest BCUT2D eigenvalue weighted by atomic mass is 9.89. The maximum absolute atomic E-state index is 6.16. The first-order chi connectivity index (χ1) is 9.55. The van der Waals surface area contributed by atoms with Gasteiger partial charge in [-0.3, -0.25) is 4.90 Å². The molecule has 0 saturated heterocycles. The molecule has 112 valence electrons. The summed E-state index contributed by atoms with van der Waals surface area (Å²) in [7, 11) is 0. The van der Waals surface area contributed by atoms with Gasteiger partial charge < -0.3 is 5.73 Å². The number of benzene rings is 1. The summed E-state index contributed by atoms with van der Waals surface area (Å²) in [5.74, 6) is 0.917.